The fraction of sp³-hybridized carbons (Fsp3) is 0.297. The predicted molar refractivity (Wildman–Crippen MR) is 181 cm³/mol. The lowest BCUT2D eigenvalue weighted by atomic mass is 10.1. The van der Waals surface area contributed by atoms with E-state index in [0.29, 0.717) is 11.4 Å². The number of hydrogen-bond acceptors (Lipinski definition) is 11. The van der Waals surface area contributed by atoms with Crippen LogP contribution in [0.1, 0.15) is 62.5 Å². The number of nitrogens with one attached hydrogen (secondary N) is 2. The third-order valence-electron chi connectivity index (χ3n) is 8.45. The number of rotatable bonds is 12. The van der Waals surface area contributed by atoms with Crippen LogP contribution in [-0.4, -0.2) is 71.1 Å². The summed E-state index contributed by atoms with van der Waals surface area (Å²) in [7, 11) is 0. The minimum atomic E-state index is -1.47. The zero-order valence-corrected chi connectivity index (χ0v) is 27.7. The first-order valence-corrected chi connectivity index (χ1v) is 16.7. The summed E-state index contributed by atoms with van der Waals surface area (Å²) in [6, 6.07) is 26.5. The Morgan fingerprint density at radius 1 is 0.740 bits per heavy atom. The van der Waals surface area contributed by atoms with E-state index in [1.54, 1.807) is 97.1 Å². The molecule has 1 aromatic heterocycles. The standard InChI is InChI=1S/C37H35ClN4O8/c38-30-20-27(40-26-18-10-11-19-26)28(41-42-30)21-39-34(43)33-32(50-37(46)25-16-8-3-9-17-25)31(49-36(45)24-14-6-2-7-15-24)29(48-33)22-47-35(44)23-12-4-1-5-13-23/h1-9,12-17,20,26,29,31-33H,10-11,18-19,21-22H2,(H,39,43)(H,40,42)/t29-,31-,32-,33-/m1/s1. The zero-order valence-electron chi connectivity index (χ0n) is 26.9. The van der Waals surface area contributed by atoms with Crippen molar-refractivity contribution >= 4 is 41.1 Å². The Hall–Kier alpha value is -5.33. The summed E-state index contributed by atoms with van der Waals surface area (Å²) >= 11 is 6.15. The summed E-state index contributed by atoms with van der Waals surface area (Å²) in [4.78, 5) is 53.5. The Labute approximate surface area is 293 Å². The molecule has 13 heteroatoms. The highest BCUT2D eigenvalue weighted by Gasteiger charge is 2.53. The molecular formula is C37H35ClN4O8. The Bertz CT molecular complexity index is 1790. The van der Waals surface area contributed by atoms with E-state index in [1.807, 2.05) is 0 Å². The number of amides is 1. The minimum Gasteiger partial charge on any atom is -0.459 e. The van der Waals surface area contributed by atoms with Crippen LogP contribution < -0.4 is 10.6 Å². The second-order valence-corrected chi connectivity index (χ2v) is 12.3. The lowest BCUT2D eigenvalue weighted by molar-refractivity contribution is -0.136. The molecule has 1 aliphatic carbocycles. The fourth-order valence-electron chi connectivity index (χ4n) is 5.90. The average molecular weight is 699 g/mol. The number of hydrogen-bond donors (Lipinski definition) is 2. The maximum atomic E-state index is 13.9. The van der Waals surface area contributed by atoms with Crippen molar-refractivity contribution in [1.82, 2.24) is 15.5 Å². The van der Waals surface area contributed by atoms with Gasteiger partial charge in [0.25, 0.3) is 5.91 Å². The van der Waals surface area contributed by atoms with Crippen molar-refractivity contribution in [3.63, 3.8) is 0 Å². The highest BCUT2D eigenvalue weighted by molar-refractivity contribution is 6.29. The van der Waals surface area contributed by atoms with Crippen LogP contribution in [0, 0.1) is 0 Å². The first-order chi connectivity index (χ1) is 24.4. The second kappa shape index (κ2) is 16.4. The number of ether oxygens (including phenoxy) is 4. The van der Waals surface area contributed by atoms with Crippen molar-refractivity contribution in [2.75, 3.05) is 11.9 Å². The summed E-state index contributed by atoms with van der Waals surface area (Å²) < 4.78 is 23.5. The number of halogens is 1. The van der Waals surface area contributed by atoms with E-state index in [-0.39, 0.29) is 34.4 Å². The first kappa shape index (κ1) is 34.5. The molecule has 1 aliphatic heterocycles. The molecule has 0 spiro atoms. The largest absolute Gasteiger partial charge is 0.459 e. The smallest absolute Gasteiger partial charge is 0.338 e. The highest BCUT2D eigenvalue weighted by Crippen LogP contribution is 2.30. The Morgan fingerprint density at radius 3 is 1.86 bits per heavy atom. The van der Waals surface area contributed by atoms with E-state index >= 15 is 0 Å². The number of esters is 3. The van der Waals surface area contributed by atoms with Gasteiger partial charge in [-0.25, -0.2) is 14.4 Å². The zero-order chi connectivity index (χ0) is 34.9. The van der Waals surface area contributed by atoms with Crippen LogP contribution in [0.2, 0.25) is 5.15 Å². The molecule has 4 atom stereocenters. The van der Waals surface area contributed by atoms with Crippen molar-refractivity contribution in [3.8, 4) is 0 Å². The van der Waals surface area contributed by atoms with E-state index in [9.17, 15) is 19.2 Å². The molecular weight excluding hydrogens is 664 g/mol. The maximum Gasteiger partial charge on any atom is 0.338 e. The van der Waals surface area contributed by atoms with E-state index in [1.165, 1.54) is 0 Å². The van der Waals surface area contributed by atoms with E-state index < -0.39 is 54.8 Å². The van der Waals surface area contributed by atoms with E-state index in [2.05, 4.69) is 20.8 Å². The van der Waals surface area contributed by atoms with Gasteiger partial charge in [0.2, 0.25) is 0 Å². The number of benzene rings is 3. The van der Waals surface area contributed by atoms with Gasteiger partial charge in [-0.15, -0.1) is 5.10 Å². The van der Waals surface area contributed by atoms with Crippen LogP contribution in [0.15, 0.2) is 97.1 Å². The van der Waals surface area contributed by atoms with Crippen molar-refractivity contribution < 1.29 is 38.1 Å². The lowest BCUT2D eigenvalue weighted by Crippen LogP contribution is -2.46. The molecule has 2 fully saturated rings. The minimum absolute atomic E-state index is 0.0700. The predicted octanol–water partition coefficient (Wildman–Crippen LogP) is 5.18. The number of anilines is 1. The van der Waals surface area contributed by atoms with Crippen molar-refractivity contribution in [2.24, 2.45) is 0 Å². The van der Waals surface area contributed by atoms with Gasteiger partial charge in [0.1, 0.15) is 18.4 Å². The SMILES string of the molecule is O=C(OC[C@H]1O[C@@H](C(=O)NCc2nnc(Cl)cc2NC2CCCC2)[C@H](OC(=O)c2ccccc2)[C@@H]1OC(=O)c1ccccc1)c1ccccc1. The molecule has 50 heavy (non-hydrogen) atoms. The van der Waals surface area contributed by atoms with Gasteiger partial charge in [0.05, 0.1) is 28.9 Å². The first-order valence-electron chi connectivity index (χ1n) is 16.3. The van der Waals surface area contributed by atoms with Gasteiger partial charge in [0.15, 0.2) is 23.5 Å². The molecule has 1 saturated carbocycles. The fourth-order valence-corrected chi connectivity index (χ4v) is 6.05. The van der Waals surface area contributed by atoms with Crippen LogP contribution in [0.3, 0.4) is 0 Å². The monoisotopic (exact) mass is 698 g/mol. The molecule has 12 nitrogen and oxygen atoms in total. The lowest BCUT2D eigenvalue weighted by Gasteiger charge is -2.24. The van der Waals surface area contributed by atoms with Crippen LogP contribution >= 0.6 is 11.6 Å². The summed E-state index contributed by atoms with van der Waals surface area (Å²) in [6.07, 6.45) is -1.22. The maximum absolute atomic E-state index is 13.9. The van der Waals surface area contributed by atoms with Gasteiger partial charge in [-0.2, -0.15) is 5.10 Å². The van der Waals surface area contributed by atoms with Gasteiger partial charge in [-0.1, -0.05) is 79.0 Å². The Balaban J connectivity index is 1.26. The molecule has 6 rings (SSSR count). The molecule has 0 bridgehead atoms. The summed E-state index contributed by atoms with van der Waals surface area (Å²) in [6.45, 7) is -0.485. The third kappa shape index (κ3) is 8.63. The third-order valence-corrected chi connectivity index (χ3v) is 8.63. The van der Waals surface area contributed by atoms with Gasteiger partial charge < -0.3 is 29.6 Å². The molecule has 258 valence electrons. The van der Waals surface area contributed by atoms with Gasteiger partial charge in [-0.3, -0.25) is 4.79 Å². The summed E-state index contributed by atoms with van der Waals surface area (Å²) in [5, 5.41) is 14.6. The number of aromatic nitrogens is 2. The molecule has 3 aromatic carbocycles. The second-order valence-electron chi connectivity index (χ2n) is 11.9. The van der Waals surface area contributed by atoms with Crippen LogP contribution in [-0.2, 0) is 30.3 Å². The molecule has 2 N–H and O–H groups in total. The van der Waals surface area contributed by atoms with Crippen LogP contribution in [0.4, 0.5) is 5.69 Å². The summed E-state index contributed by atoms with van der Waals surface area (Å²) in [5.41, 5.74) is 1.79. The number of carbonyl (C=O) groups is 4. The molecule has 2 heterocycles. The normalized spacial score (nSPS) is 20.1. The van der Waals surface area contributed by atoms with Gasteiger partial charge in [0, 0.05) is 12.1 Å². The Kier molecular flexibility index (Phi) is 11.3. The average Bonchev–Trinajstić information content (AvgIpc) is 3.79. The topological polar surface area (TPSA) is 155 Å². The molecule has 4 aromatic rings. The number of nitrogens with zero attached hydrogens (tertiary/aromatic N) is 2. The molecule has 0 unspecified atom stereocenters. The molecule has 1 amide bonds. The Morgan fingerprint density at radius 2 is 1.28 bits per heavy atom. The van der Waals surface area contributed by atoms with Crippen molar-refractivity contribution in [3.05, 3.63) is 125 Å². The molecule has 2 aliphatic rings. The van der Waals surface area contributed by atoms with E-state index in [0.717, 1.165) is 25.7 Å². The van der Waals surface area contributed by atoms with Crippen molar-refractivity contribution in [1.29, 1.82) is 0 Å². The molecule has 0 radical (unpaired) electrons. The van der Waals surface area contributed by atoms with Gasteiger partial charge >= 0.3 is 17.9 Å². The van der Waals surface area contributed by atoms with Gasteiger partial charge in [-0.05, 0) is 49.2 Å². The molecule has 1 saturated heterocycles. The van der Waals surface area contributed by atoms with E-state index in [4.69, 9.17) is 30.5 Å². The number of carbonyl (C=O) groups excluding carboxylic acids is 4. The summed E-state index contributed by atoms with van der Waals surface area (Å²) in [5.74, 6) is -2.86. The van der Waals surface area contributed by atoms with Crippen LogP contribution in [0.5, 0.6) is 0 Å². The highest BCUT2D eigenvalue weighted by atomic mass is 35.5. The van der Waals surface area contributed by atoms with Crippen LogP contribution in [0.25, 0.3) is 0 Å². The van der Waals surface area contributed by atoms with Crippen molar-refractivity contribution in [2.45, 2.75) is 62.7 Å². The quantitative estimate of drug-likeness (QED) is 0.149.